The molecule has 1 rings (SSSR count). The van der Waals surface area contributed by atoms with Crippen LogP contribution >= 0.6 is 0 Å². The van der Waals surface area contributed by atoms with E-state index < -0.39 is 17.9 Å². The van der Waals surface area contributed by atoms with E-state index in [9.17, 15) is 9.90 Å². The number of rotatable bonds is 7. The van der Waals surface area contributed by atoms with Crippen molar-refractivity contribution in [2.45, 2.75) is 51.6 Å². The van der Waals surface area contributed by atoms with Crippen molar-refractivity contribution in [3.63, 3.8) is 0 Å². The van der Waals surface area contributed by atoms with Gasteiger partial charge in [-0.15, -0.1) is 0 Å². The molecular formula is C12H22O6. The molecule has 0 spiro atoms. The van der Waals surface area contributed by atoms with E-state index in [2.05, 4.69) is 4.74 Å². The maximum absolute atomic E-state index is 10.7. The topological polar surface area (TPSA) is 74.2 Å². The summed E-state index contributed by atoms with van der Waals surface area (Å²) in [6, 6.07) is 0. The lowest BCUT2D eigenvalue weighted by atomic mass is 10.0. The summed E-state index contributed by atoms with van der Waals surface area (Å²) in [7, 11) is 0. The SMILES string of the molecule is CC(COCC1COC(=O)O1)OC(C)(C)C(C)O. The van der Waals surface area contributed by atoms with Crippen molar-refractivity contribution in [3.8, 4) is 0 Å². The van der Waals surface area contributed by atoms with Crippen molar-refractivity contribution in [2.75, 3.05) is 19.8 Å². The molecule has 6 nitrogen and oxygen atoms in total. The average Bonchev–Trinajstić information content (AvgIpc) is 2.63. The first-order chi connectivity index (χ1) is 8.31. The minimum Gasteiger partial charge on any atom is -0.430 e. The van der Waals surface area contributed by atoms with Crippen LogP contribution in [-0.4, -0.2) is 55.0 Å². The van der Waals surface area contributed by atoms with Gasteiger partial charge in [0.1, 0.15) is 6.61 Å². The molecule has 1 heterocycles. The van der Waals surface area contributed by atoms with Crippen LogP contribution in [0.2, 0.25) is 0 Å². The van der Waals surface area contributed by atoms with Crippen LogP contribution in [0, 0.1) is 0 Å². The zero-order valence-electron chi connectivity index (χ0n) is 11.3. The van der Waals surface area contributed by atoms with E-state index in [4.69, 9.17) is 14.2 Å². The second-order valence-electron chi connectivity index (χ2n) is 5.05. The highest BCUT2D eigenvalue weighted by Gasteiger charge is 2.28. The fourth-order valence-corrected chi connectivity index (χ4v) is 1.46. The molecule has 1 aliphatic heterocycles. The van der Waals surface area contributed by atoms with Gasteiger partial charge in [0.15, 0.2) is 6.10 Å². The summed E-state index contributed by atoms with van der Waals surface area (Å²) in [4.78, 5) is 10.7. The van der Waals surface area contributed by atoms with Gasteiger partial charge in [0, 0.05) is 0 Å². The lowest BCUT2D eigenvalue weighted by Gasteiger charge is -2.31. The fourth-order valence-electron chi connectivity index (χ4n) is 1.46. The number of hydrogen-bond donors (Lipinski definition) is 1. The van der Waals surface area contributed by atoms with E-state index in [1.165, 1.54) is 0 Å². The van der Waals surface area contributed by atoms with E-state index in [-0.39, 0.29) is 25.4 Å². The zero-order valence-corrected chi connectivity index (χ0v) is 11.3. The molecule has 6 heteroatoms. The maximum atomic E-state index is 10.7. The largest absolute Gasteiger partial charge is 0.508 e. The van der Waals surface area contributed by atoms with Gasteiger partial charge in [0.2, 0.25) is 0 Å². The lowest BCUT2D eigenvalue weighted by molar-refractivity contribution is -0.143. The van der Waals surface area contributed by atoms with E-state index in [0.717, 1.165) is 0 Å². The van der Waals surface area contributed by atoms with Gasteiger partial charge in [-0.1, -0.05) is 0 Å². The maximum Gasteiger partial charge on any atom is 0.508 e. The summed E-state index contributed by atoms with van der Waals surface area (Å²) in [6.07, 6.45) is -1.71. The summed E-state index contributed by atoms with van der Waals surface area (Å²) >= 11 is 0. The standard InChI is InChI=1S/C12H22O6/c1-8(18-12(3,4)9(2)13)5-15-6-10-7-16-11(14)17-10/h8-10,13H,5-7H2,1-4H3. The molecule has 1 fully saturated rings. The molecule has 0 aromatic heterocycles. The Kier molecular flexibility index (Phi) is 5.37. The third-order valence-electron chi connectivity index (χ3n) is 2.82. The van der Waals surface area contributed by atoms with Crippen LogP contribution in [0.4, 0.5) is 4.79 Å². The number of aliphatic hydroxyl groups excluding tert-OH is 1. The van der Waals surface area contributed by atoms with Gasteiger partial charge in [0.05, 0.1) is 31.0 Å². The van der Waals surface area contributed by atoms with Crippen LogP contribution < -0.4 is 0 Å². The van der Waals surface area contributed by atoms with Gasteiger partial charge < -0.3 is 24.1 Å². The first kappa shape index (κ1) is 15.2. The molecule has 0 saturated carbocycles. The second kappa shape index (κ2) is 6.36. The number of aliphatic hydroxyl groups is 1. The highest BCUT2D eigenvalue weighted by molar-refractivity contribution is 5.61. The highest BCUT2D eigenvalue weighted by Crippen LogP contribution is 2.17. The van der Waals surface area contributed by atoms with Gasteiger partial charge in [-0.05, 0) is 27.7 Å². The number of ether oxygens (including phenoxy) is 4. The van der Waals surface area contributed by atoms with Crippen LogP contribution in [0.1, 0.15) is 27.7 Å². The third-order valence-corrected chi connectivity index (χ3v) is 2.82. The molecule has 18 heavy (non-hydrogen) atoms. The molecule has 1 saturated heterocycles. The Morgan fingerprint density at radius 3 is 2.67 bits per heavy atom. The Balaban J connectivity index is 2.17. The van der Waals surface area contributed by atoms with E-state index in [0.29, 0.717) is 6.61 Å². The van der Waals surface area contributed by atoms with Crippen LogP contribution in [0.5, 0.6) is 0 Å². The predicted molar refractivity (Wildman–Crippen MR) is 63.3 cm³/mol. The summed E-state index contributed by atoms with van der Waals surface area (Å²) in [5, 5.41) is 9.52. The summed E-state index contributed by atoms with van der Waals surface area (Å²) in [5.41, 5.74) is -0.619. The molecule has 0 aliphatic carbocycles. The Morgan fingerprint density at radius 2 is 2.17 bits per heavy atom. The van der Waals surface area contributed by atoms with Crippen molar-refractivity contribution in [3.05, 3.63) is 0 Å². The number of cyclic esters (lactones) is 2. The Morgan fingerprint density at radius 1 is 1.50 bits per heavy atom. The quantitative estimate of drug-likeness (QED) is 0.693. The van der Waals surface area contributed by atoms with Gasteiger partial charge in [-0.3, -0.25) is 0 Å². The summed E-state index contributed by atoms with van der Waals surface area (Å²) in [6.45, 7) is 8.07. The van der Waals surface area contributed by atoms with Crippen LogP contribution in [0.3, 0.4) is 0 Å². The minimum atomic E-state index is -0.650. The van der Waals surface area contributed by atoms with Gasteiger partial charge in [-0.25, -0.2) is 4.79 Å². The molecule has 0 aromatic rings. The summed E-state index contributed by atoms with van der Waals surface area (Å²) in [5.74, 6) is 0. The van der Waals surface area contributed by atoms with Crippen molar-refractivity contribution >= 4 is 6.16 Å². The third kappa shape index (κ3) is 4.80. The molecule has 1 N–H and O–H groups in total. The molecule has 0 radical (unpaired) electrons. The van der Waals surface area contributed by atoms with Crippen LogP contribution in [0.15, 0.2) is 0 Å². The molecular weight excluding hydrogens is 240 g/mol. The monoisotopic (exact) mass is 262 g/mol. The van der Waals surface area contributed by atoms with Gasteiger partial charge in [0.25, 0.3) is 0 Å². The van der Waals surface area contributed by atoms with Crippen molar-refractivity contribution in [2.24, 2.45) is 0 Å². The van der Waals surface area contributed by atoms with Crippen molar-refractivity contribution in [1.29, 1.82) is 0 Å². The fraction of sp³-hybridized carbons (Fsp3) is 0.917. The Bertz CT molecular complexity index is 276. The second-order valence-corrected chi connectivity index (χ2v) is 5.05. The molecule has 0 aromatic carbocycles. The van der Waals surface area contributed by atoms with Crippen molar-refractivity contribution < 1.29 is 28.8 Å². The number of carbonyl (C=O) groups is 1. The normalized spacial score (nSPS) is 23.4. The molecule has 1 aliphatic rings. The molecule has 3 unspecified atom stereocenters. The van der Waals surface area contributed by atoms with Crippen molar-refractivity contribution in [1.82, 2.24) is 0 Å². The number of carbonyl (C=O) groups excluding carboxylic acids is 1. The Labute approximate surface area is 107 Å². The summed E-state index contributed by atoms with van der Waals surface area (Å²) < 4.78 is 20.5. The lowest BCUT2D eigenvalue weighted by Crippen LogP contribution is -2.41. The minimum absolute atomic E-state index is 0.160. The number of hydrogen-bond acceptors (Lipinski definition) is 6. The first-order valence-electron chi connectivity index (χ1n) is 6.08. The van der Waals surface area contributed by atoms with E-state index in [1.807, 2.05) is 20.8 Å². The van der Waals surface area contributed by atoms with Gasteiger partial charge >= 0.3 is 6.16 Å². The molecule has 0 amide bonds. The first-order valence-corrected chi connectivity index (χ1v) is 6.08. The van der Waals surface area contributed by atoms with Gasteiger partial charge in [-0.2, -0.15) is 0 Å². The average molecular weight is 262 g/mol. The van der Waals surface area contributed by atoms with E-state index >= 15 is 0 Å². The molecule has 0 bridgehead atoms. The highest BCUT2D eigenvalue weighted by atomic mass is 16.8. The zero-order chi connectivity index (χ0) is 13.8. The Hall–Kier alpha value is -0.850. The molecule has 3 atom stereocenters. The molecule has 106 valence electrons. The predicted octanol–water partition coefficient (Wildman–Crippen LogP) is 1.10. The smallest absolute Gasteiger partial charge is 0.430 e. The van der Waals surface area contributed by atoms with Crippen LogP contribution in [-0.2, 0) is 18.9 Å². The van der Waals surface area contributed by atoms with Crippen LogP contribution in [0.25, 0.3) is 0 Å². The van der Waals surface area contributed by atoms with E-state index in [1.54, 1.807) is 6.92 Å².